The summed E-state index contributed by atoms with van der Waals surface area (Å²) in [5.41, 5.74) is 2.80. The molecule has 0 bridgehead atoms. The molecule has 1 aromatic carbocycles. The summed E-state index contributed by atoms with van der Waals surface area (Å²) in [6.45, 7) is 3.49. The van der Waals surface area contributed by atoms with Crippen LogP contribution in [0.4, 0.5) is 4.39 Å². The number of aromatic hydroxyl groups is 1. The van der Waals surface area contributed by atoms with E-state index in [4.69, 9.17) is 9.73 Å². The lowest BCUT2D eigenvalue weighted by atomic mass is 9.97. The van der Waals surface area contributed by atoms with Gasteiger partial charge in [0, 0.05) is 24.2 Å². The van der Waals surface area contributed by atoms with Crippen molar-refractivity contribution in [2.24, 2.45) is 12.2 Å². The van der Waals surface area contributed by atoms with Gasteiger partial charge in [-0.3, -0.25) is 4.68 Å². The van der Waals surface area contributed by atoms with Crippen LogP contribution in [0.1, 0.15) is 17.1 Å². The fourth-order valence-electron chi connectivity index (χ4n) is 2.71. The summed E-state index contributed by atoms with van der Waals surface area (Å²) < 4.78 is 21.0. The standard InChI is InChI=1S/C16H15FN4O3/c1-8-14(9(2)24-20-8)15-13(7-18-23)21(3)19-16(15)11-5-4-10(22)6-12(11)17/h4-7,22-23H,1-3H3/b18-7-. The van der Waals surface area contributed by atoms with Gasteiger partial charge in [0.05, 0.1) is 23.2 Å². The molecule has 124 valence electrons. The van der Waals surface area contributed by atoms with E-state index in [1.807, 2.05) is 0 Å². The van der Waals surface area contributed by atoms with Crippen LogP contribution in [0.3, 0.4) is 0 Å². The molecule has 0 amide bonds. The number of hydrogen-bond acceptors (Lipinski definition) is 6. The highest BCUT2D eigenvalue weighted by Crippen LogP contribution is 2.38. The van der Waals surface area contributed by atoms with Crippen molar-refractivity contribution >= 4 is 6.21 Å². The molecule has 0 fully saturated rings. The monoisotopic (exact) mass is 330 g/mol. The lowest BCUT2D eigenvalue weighted by molar-refractivity contribution is 0.321. The molecule has 3 rings (SSSR count). The van der Waals surface area contributed by atoms with Crippen molar-refractivity contribution in [2.75, 3.05) is 0 Å². The molecule has 0 spiro atoms. The zero-order valence-electron chi connectivity index (χ0n) is 13.3. The molecule has 0 unspecified atom stereocenters. The zero-order valence-corrected chi connectivity index (χ0v) is 13.3. The highest BCUT2D eigenvalue weighted by Gasteiger charge is 2.25. The van der Waals surface area contributed by atoms with E-state index in [2.05, 4.69) is 15.4 Å². The fraction of sp³-hybridized carbons (Fsp3) is 0.188. The Labute approximate surface area is 136 Å². The quantitative estimate of drug-likeness (QED) is 0.437. The van der Waals surface area contributed by atoms with E-state index in [1.165, 1.54) is 23.0 Å². The normalized spacial score (nSPS) is 11.5. The van der Waals surface area contributed by atoms with E-state index in [0.717, 1.165) is 6.07 Å². The largest absolute Gasteiger partial charge is 0.508 e. The molecular weight excluding hydrogens is 315 g/mol. The number of halogens is 1. The lowest BCUT2D eigenvalue weighted by Gasteiger charge is -2.05. The predicted octanol–water partition coefficient (Wildman–Crippen LogP) is 3.01. The second-order valence-electron chi connectivity index (χ2n) is 5.34. The molecule has 24 heavy (non-hydrogen) atoms. The SMILES string of the molecule is Cc1noc(C)c1-c1c(-c2ccc(O)cc2F)nn(C)c1/C=N\O. The topological polar surface area (TPSA) is 96.7 Å². The van der Waals surface area contributed by atoms with E-state index in [1.54, 1.807) is 20.9 Å². The Kier molecular flexibility index (Phi) is 3.80. The number of nitrogens with zero attached hydrogens (tertiary/aromatic N) is 4. The summed E-state index contributed by atoms with van der Waals surface area (Å²) in [6, 6.07) is 3.83. The van der Waals surface area contributed by atoms with Crippen LogP contribution < -0.4 is 0 Å². The molecule has 0 atom stereocenters. The van der Waals surface area contributed by atoms with E-state index in [9.17, 15) is 9.50 Å². The van der Waals surface area contributed by atoms with Crippen LogP contribution >= 0.6 is 0 Å². The van der Waals surface area contributed by atoms with Crippen LogP contribution in [0.5, 0.6) is 5.75 Å². The second kappa shape index (κ2) is 5.80. The maximum atomic E-state index is 14.4. The van der Waals surface area contributed by atoms with E-state index in [-0.39, 0.29) is 11.3 Å². The molecule has 0 saturated carbocycles. The third-order valence-electron chi connectivity index (χ3n) is 3.76. The number of phenols is 1. The van der Waals surface area contributed by atoms with Gasteiger partial charge in [-0.05, 0) is 26.0 Å². The second-order valence-corrected chi connectivity index (χ2v) is 5.34. The summed E-state index contributed by atoms with van der Waals surface area (Å²) >= 11 is 0. The summed E-state index contributed by atoms with van der Waals surface area (Å²) in [5, 5.41) is 29.7. The van der Waals surface area contributed by atoms with Gasteiger partial charge in [0.1, 0.15) is 23.0 Å². The maximum Gasteiger partial charge on any atom is 0.141 e. The molecular formula is C16H15FN4O3. The number of oxime groups is 1. The Hall–Kier alpha value is -3.16. The summed E-state index contributed by atoms with van der Waals surface area (Å²) in [7, 11) is 1.65. The molecule has 2 N–H and O–H groups in total. The van der Waals surface area contributed by atoms with Crippen molar-refractivity contribution in [2.45, 2.75) is 13.8 Å². The summed E-state index contributed by atoms with van der Waals surface area (Å²) in [6.07, 6.45) is 1.22. The predicted molar refractivity (Wildman–Crippen MR) is 84.6 cm³/mol. The minimum absolute atomic E-state index is 0.178. The molecule has 2 heterocycles. The van der Waals surface area contributed by atoms with Gasteiger partial charge >= 0.3 is 0 Å². The number of phenolic OH excluding ortho intramolecular Hbond substituents is 1. The van der Waals surface area contributed by atoms with Crippen LogP contribution in [0.2, 0.25) is 0 Å². The molecule has 0 aliphatic carbocycles. The van der Waals surface area contributed by atoms with Crippen LogP contribution in [-0.4, -0.2) is 31.5 Å². The number of hydrogen-bond donors (Lipinski definition) is 2. The van der Waals surface area contributed by atoms with Crippen molar-refractivity contribution in [1.82, 2.24) is 14.9 Å². The smallest absolute Gasteiger partial charge is 0.141 e. The molecule has 0 radical (unpaired) electrons. The lowest BCUT2D eigenvalue weighted by Crippen LogP contribution is -1.98. The third-order valence-corrected chi connectivity index (χ3v) is 3.76. The average Bonchev–Trinajstić information content (AvgIpc) is 3.00. The first-order valence-electron chi connectivity index (χ1n) is 7.10. The van der Waals surface area contributed by atoms with Crippen molar-refractivity contribution in [3.05, 3.63) is 41.2 Å². The Morgan fingerprint density at radius 2 is 2.04 bits per heavy atom. The van der Waals surface area contributed by atoms with Gasteiger partial charge < -0.3 is 14.8 Å². The van der Waals surface area contributed by atoms with E-state index in [0.29, 0.717) is 34.0 Å². The molecule has 0 saturated heterocycles. The number of rotatable bonds is 3. The van der Waals surface area contributed by atoms with Gasteiger partial charge in [-0.1, -0.05) is 10.3 Å². The number of aryl methyl sites for hydroxylation is 3. The molecule has 7 nitrogen and oxygen atoms in total. The van der Waals surface area contributed by atoms with Crippen LogP contribution in [0.15, 0.2) is 27.9 Å². The van der Waals surface area contributed by atoms with Crippen LogP contribution in [-0.2, 0) is 7.05 Å². The van der Waals surface area contributed by atoms with Gasteiger partial charge in [-0.2, -0.15) is 5.10 Å². The minimum atomic E-state index is -0.617. The first kappa shape index (κ1) is 15.7. The van der Waals surface area contributed by atoms with Crippen molar-refractivity contribution in [3.63, 3.8) is 0 Å². The molecule has 3 aromatic rings. The van der Waals surface area contributed by atoms with Crippen molar-refractivity contribution < 1.29 is 19.2 Å². The first-order chi connectivity index (χ1) is 11.4. The summed E-state index contributed by atoms with van der Waals surface area (Å²) in [5.74, 6) is -0.259. The average molecular weight is 330 g/mol. The zero-order chi connectivity index (χ0) is 17.4. The first-order valence-corrected chi connectivity index (χ1v) is 7.10. The fourth-order valence-corrected chi connectivity index (χ4v) is 2.71. The Balaban J connectivity index is 2.37. The van der Waals surface area contributed by atoms with Crippen molar-refractivity contribution in [1.29, 1.82) is 0 Å². The summed E-state index contributed by atoms with van der Waals surface area (Å²) in [4.78, 5) is 0. The van der Waals surface area contributed by atoms with Crippen LogP contribution in [0.25, 0.3) is 22.4 Å². The molecule has 0 aliphatic rings. The highest BCUT2D eigenvalue weighted by molar-refractivity contribution is 5.96. The Bertz CT molecular complexity index is 924. The Morgan fingerprint density at radius 3 is 2.62 bits per heavy atom. The number of benzene rings is 1. The van der Waals surface area contributed by atoms with Gasteiger partial charge in [-0.25, -0.2) is 4.39 Å². The highest BCUT2D eigenvalue weighted by atomic mass is 19.1. The molecule has 0 aliphatic heterocycles. The molecule has 8 heteroatoms. The molecule has 2 aromatic heterocycles. The van der Waals surface area contributed by atoms with Gasteiger partial charge in [-0.15, -0.1) is 0 Å². The van der Waals surface area contributed by atoms with E-state index < -0.39 is 5.82 Å². The van der Waals surface area contributed by atoms with Crippen LogP contribution in [0, 0.1) is 19.7 Å². The minimum Gasteiger partial charge on any atom is -0.508 e. The van der Waals surface area contributed by atoms with E-state index >= 15 is 0 Å². The van der Waals surface area contributed by atoms with Gasteiger partial charge in [0.15, 0.2) is 0 Å². The maximum absolute atomic E-state index is 14.4. The number of aromatic nitrogens is 3. The van der Waals surface area contributed by atoms with Gasteiger partial charge in [0.25, 0.3) is 0 Å². The van der Waals surface area contributed by atoms with Gasteiger partial charge in [0.2, 0.25) is 0 Å². The Morgan fingerprint density at radius 1 is 1.29 bits per heavy atom. The third kappa shape index (κ3) is 2.41. The van der Waals surface area contributed by atoms with Crippen molar-refractivity contribution in [3.8, 4) is 28.1 Å².